The quantitative estimate of drug-likeness (QED) is 0.363. The van der Waals surface area contributed by atoms with Crippen LogP contribution < -0.4 is 5.73 Å². The van der Waals surface area contributed by atoms with Crippen molar-refractivity contribution in [3.05, 3.63) is 60.4 Å². The summed E-state index contributed by atoms with van der Waals surface area (Å²) in [5, 5.41) is 15.6. The van der Waals surface area contributed by atoms with Gasteiger partial charge in [-0.25, -0.2) is 19.4 Å². The number of anilines is 1. The summed E-state index contributed by atoms with van der Waals surface area (Å²) < 4.78 is 7.45. The van der Waals surface area contributed by atoms with Gasteiger partial charge in [-0.05, 0) is 57.9 Å². The van der Waals surface area contributed by atoms with Gasteiger partial charge < -0.3 is 20.5 Å². The van der Waals surface area contributed by atoms with Crippen LogP contribution in [0.2, 0.25) is 0 Å². The van der Waals surface area contributed by atoms with Crippen LogP contribution >= 0.6 is 0 Å². The largest absolute Gasteiger partial charge is 0.507 e. The number of phenols is 1. The van der Waals surface area contributed by atoms with E-state index < -0.39 is 5.60 Å². The Morgan fingerprint density at radius 3 is 2.50 bits per heavy atom. The third-order valence-electron chi connectivity index (χ3n) is 6.41. The molecule has 2 aromatic heterocycles. The third-order valence-corrected chi connectivity index (χ3v) is 6.41. The van der Waals surface area contributed by atoms with Crippen molar-refractivity contribution in [1.82, 2.24) is 24.6 Å². The Labute approximate surface area is 220 Å². The Hall–Kier alpha value is -4.47. The highest BCUT2D eigenvalue weighted by molar-refractivity contribution is 5.98. The van der Waals surface area contributed by atoms with Gasteiger partial charge in [-0.3, -0.25) is 4.99 Å². The standard InChI is InChI=1S/C28H31N7O3/c1-28(2,3)38-27(37)34-14-12-21(13-15-34)35-26-23(25(29)31-17-32-26)24(33-35)18-8-10-20(11-9-18)30-16-19-6-4-5-7-22(19)36/h4-11,16-17,21,36H,12-15H2,1-3H3,(H2,29,31,32)/b30-16+. The smallest absolute Gasteiger partial charge is 0.410 e. The fraction of sp³-hybridized carbons (Fsp3) is 0.321. The lowest BCUT2D eigenvalue weighted by molar-refractivity contribution is 0.0186. The second-order valence-corrected chi connectivity index (χ2v) is 10.3. The average molecular weight is 514 g/mol. The Balaban J connectivity index is 1.39. The van der Waals surface area contributed by atoms with Crippen molar-refractivity contribution in [2.45, 2.75) is 45.3 Å². The number of carbonyl (C=O) groups excluding carboxylic acids is 1. The van der Waals surface area contributed by atoms with Crippen LogP contribution in [0.4, 0.5) is 16.3 Å². The van der Waals surface area contributed by atoms with E-state index in [2.05, 4.69) is 15.0 Å². The van der Waals surface area contributed by atoms with Crippen molar-refractivity contribution < 1.29 is 14.6 Å². The number of fused-ring (bicyclic) bond motifs is 1. The number of amides is 1. The zero-order valence-electron chi connectivity index (χ0n) is 21.7. The molecule has 0 bridgehead atoms. The van der Waals surface area contributed by atoms with E-state index in [4.69, 9.17) is 15.6 Å². The van der Waals surface area contributed by atoms with Crippen LogP contribution in [0.1, 0.15) is 45.2 Å². The minimum absolute atomic E-state index is 0.0571. The number of piperidine rings is 1. The zero-order chi connectivity index (χ0) is 26.9. The summed E-state index contributed by atoms with van der Waals surface area (Å²) in [6.45, 7) is 6.74. The number of nitrogen functional groups attached to an aromatic ring is 1. The zero-order valence-corrected chi connectivity index (χ0v) is 21.7. The molecule has 5 rings (SSSR count). The first-order valence-corrected chi connectivity index (χ1v) is 12.6. The summed E-state index contributed by atoms with van der Waals surface area (Å²) in [6.07, 6.45) is 4.23. The molecule has 3 heterocycles. The lowest BCUT2D eigenvalue weighted by Gasteiger charge is -2.33. The molecule has 196 valence electrons. The van der Waals surface area contributed by atoms with Gasteiger partial charge in [0, 0.05) is 30.4 Å². The minimum atomic E-state index is -0.528. The number of nitrogens with zero attached hydrogens (tertiary/aromatic N) is 6. The molecule has 2 aromatic carbocycles. The molecule has 10 nitrogen and oxygen atoms in total. The predicted molar refractivity (Wildman–Crippen MR) is 147 cm³/mol. The van der Waals surface area contributed by atoms with Gasteiger partial charge in [0.05, 0.1) is 17.1 Å². The number of aliphatic imine (C=N–C) groups is 1. The Morgan fingerprint density at radius 2 is 1.82 bits per heavy atom. The number of aromatic nitrogens is 4. The van der Waals surface area contributed by atoms with Crippen molar-refractivity contribution >= 4 is 34.8 Å². The second kappa shape index (κ2) is 10.1. The maximum Gasteiger partial charge on any atom is 0.410 e. The van der Waals surface area contributed by atoms with Gasteiger partial charge in [0.25, 0.3) is 0 Å². The fourth-order valence-corrected chi connectivity index (χ4v) is 4.52. The summed E-state index contributed by atoms with van der Waals surface area (Å²) in [4.78, 5) is 27.4. The lowest BCUT2D eigenvalue weighted by Crippen LogP contribution is -2.42. The number of aromatic hydroxyl groups is 1. The van der Waals surface area contributed by atoms with Crippen molar-refractivity contribution in [1.29, 1.82) is 0 Å². The van der Waals surface area contributed by atoms with E-state index in [-0.39, 0.29) is 17.9 Å². The number of ether oxygens (including phenoxy) is 1. The van der Waals surface area contributed by atoms with Crippen LogP contribution in [0.5, 0.6) is 5.75 Å². The first-order valence-electron chi connectivity index (χ1n) is 12.6. The molecule has 1 aliphatic rings. The normalized spacial score (nSPS) is 14.9. The molecule has 0 unspecified atom stereocenters. The van der Waals surface area contributed by atoms with Crippen LogP contribution in [0.3, 0.4) is 0 Å². The first-order chi connectivity index (χ1) is 18.2. The van der Waals surface area contributed by atoms with Gasteiger partial charge in [0.1, 0.15) is 29.2 Å². The van der Waals surface area contributed by atoms with Crippen LogP contribution in [0, 0.1) is 0 Å². The molecule has 38 heavy (non-hydrogen) atoms. The SMILES string of the molecule is CC(C)(C)OC(=O)N1CCC(n2nc(-c3ccc(/N=C/c4ccccc4O)cc3)c3c(N)ncnc32)CC1. The molecule has 4 aromatic rings. The minimum Gasteiger partial charge on any atom is -0.507 e. The van der Waals surface area contributed by atoms with Crippen LogP contribution in [0.25, 0.3) is 22.3 Å². The summed E-state index contributed by atoms with van der Waals surface area (Å²) >= 11 is 0. The highest BCUT2D eigenvalue weighted by atomic mass is 16.6. The monoisotopic (exact) mass is 513 g/mol. The number of hydrogen-bond acceptors (Lipinski definition) is 8. The van der Waals surface area contributed by atoms with E-state index in [1.54, 1.807) is 29.3 Å². The molecule has 0 aliphatic carbocycles. The molecule has 1 saturated heterocycles. The van der Waals surface area contributed by atoms with Crippen LogP contribution in [-0.2, 0) is 4.74 Å². The number of para-hydroxylation sites is 1. The van der Waals surface area contributed by atoms with Gasteiger partial charge in [0.15, 0.2) is 5.65 Å². The van der Waals surface area contributed by atoms with Crippen LogP contribution in [-0.4, -0.2) is 60.8 Å². The van der Waals surface area contributed by atoms with Gasteiger partial charge in [-0.2, -0.15) is 5.10 Å². The Bertz CT molecular complexity index is 1480. The molecule has 1 amide bonds. The summed E-state index contributed by atoms with van der Waals surface area (Å²) in [6, 6.07) is 14.7. The Kier molecular flexibility index (Phi) is 6.71. The summed E-state index contributed by atoms with van der Waals surface area (Å²) in [5.74, 6) is 0.543. The number of likely N-dealkylation sites (tertiary alicyclic amines) is 1. The highest BCUT2D eigenvalue weighted by Gasteiger charge is 2.30. The molecule has 0 radical (unpaired) electrons. The van der Waals surface area contributed by atoms with Gasteiger partial charge in [-0.15, -0.1) is 0 Å². The first kappa shape index (κ1) is 25.2. The number of carbonyl (C=O) groups is 1. The van der Waals surface area contributed by atoms with Crippen molar-refractivity contribution in [2.24, 2.45) is 4.99 Å². The maximum atomic E-state index is 12.5. The molecule has 0 atom stereocenters. The van der Waals surface area contributed by atoms with Gasteiger partial charge in [-0.1, -0.05) is 24.3 Å². The fourth-order valence-electron chi connectivity index (χ4n) is 4.52. The maximum absolute atomic E-state index is 12.5. The van der Waals surface area contributed by atoms with E-state index in [0.29, 0.717) is 41.2 Å². The number of benzene rings is 2. The summed E-state index contributed by atoms with van der Waals surface area (Å²) in [7, 11) is 0. The molecule has 1 aliphatic heterocycles. The molecule has 0 spiro atoms. The molecular weight excluding hydrogens is 482 g/mol. The van der Waals surface area contributed by atoms with E-state index in [1.807, 2.05) is 55.8 Å². The molecular formula is C28H31N7O3. The average Bonchev–Trinajstić information content (AvgIpc) is 3.29. The van der Waals surface area contributed by atoms with Crippen molar-refractivity contribution in [2.75, 3.05) is 18.8 Å². The second-order valence-electron chi connectivity index (χ2n) is 10.3. The van der Waals surface area contributed by atoms with E-state index in [9.17, 15) is 9.90 Å². The third kappa shape index (κ3) is 5.29. The predicted octanol–water partition coefficient (Wildman–Crippen LogP) is 5.10. The molecule has 0 saturated carbocycles. The number of hydrogen-bond donors (Lipinski definition) is 2. The molecule has 1 fully saturated rings. The number of phenolic OH excluding ortho intramolecular Hbond substituents is 1. The topological polar surface area (TPSA) is 132 Å². The highest BCUT2D eigenvalue weighted by Crippen LogP contribution is 2.35. The molecule has 10 heteroatoms. The number of rotatable bonds is 4. The Morgan fingerprint density at radius 1 is 1.11 bits per heavy atom. The number of nitrogens with two attached hydrogens (primary N) is 1. The van der Waals surface area contributed by atoms with Crippen molar-refractivity contribution in [3.63, 3.8) is 0 Å². The lowest BCUT2D eigenvalue weighted by atomic mass is 10.1. The van der Waals surface area contributed by atoms with Gasteiger partial charge in [0.2, 0.25) is 0 Å². The van der Waals surface area contributed by atoms with E-state index in [1.165, 1.54) is 6.33 Å². The molecule has 3 N–H and O–H groups in total. The summed E-state index contributed by atoms with van der Waals surface area (Å²) in [5.41, 5.74) is 9.38. The van der Waals surface area contributed by atoms with Gasteiger partial charge >= 0.3 is 6.09 Å². The van der Waals surface area contributed by atoms with Crippen molar-refractivity contribution in [3.8, 4) is 17.0 Å². The van der Waals surface area contributed by atoms with E-state index in [0.717, 1.165) is 24.1 Å². The van der Waals surface area contributed by atoms with E-state index >= 15 is 0 Å². The van der Waals surface area contributed by atoms with Crippen LogP contribution in [0.15, 0.2) is 59.9 Å².